The molecule has 1 unspecified atom stereocenters. The van der Waals surface area contributed by atoms with Gasteiger partial charge in [0.2, 0.25) is 0 Å². The molecule has 1 atom stereocenters. The first kappa shape index (κ1) is 11.2. The quantitative estimate of drug-likeness (QED) is 0.827. The summed E-state index contributed by atoms with van der Waals surface area (Å²) in [5, 5.41) is 10.3. The van der Waals surface area contributed by atoms with Crippen LogP contribution in [0.15, 0.2) is 24.0 Å². The van der Waals surface area contributed by atoms with Gasteiger partial charge in [0.05, 0.1) is 6.61 Å². The normalized spacial score (nSPS) is 16.9. The Morgan fingerprint density at radius 3 is 2.31 bits per heavy atom. The maximum atomic E-state index is 10.3. The average molecular weight is 218 g/mol. The lowest BCUT2D eigenvalue weighted by Crippen LogP contribution is -2.07. The fourth-order valence-electron chi connectivity index (χ4n) is 2.39. The van der Waals surface area contributed by atoms with Crippen LogP contribution in [0, 0.1) is 20.8 Å². The van der Waals surface area contributed by atoms with Gasteiger partial charge in [0.25, 0.3) is 0 Å². The molecule has 86 valence electrons. The molecule has 0 fully saturated rings. The van der Waals surface area contributed by atoms with Crippen LogP contribution in [0.5, 0.6) is 0 Å². The molecule has 1 aliphatic rings. The zero-order chi connectivity index (χ0) is 11.7. The largest absolute Gasteiger partial charge is 0.495 e. The third-order valence-electron chi connectivity index (χ3n) is 3.01. The van der Waals surface area contributed by atoms with Gasteiger partial charge in [0, 0.05) is 6.42 Å². The lowest BCUT2D eigenvalue weighted by molar-refractivity contribution is 0.118. The molecule has 0 saturated carbocycles. The van der Waals surface area contributed by atoms with E-state index >= 15 is 0 Å². The van der Waals surface area contributed by atoms with Gasteiger partial charge in [0.1, 0.15) is 11.9 Å². The van der Waals surface area contributed by atoms with Gasteiger partial charge >= 0.3 is 0 Å². The molecule has 0 aromatic heterocycles. The third-order valence-corrected chi connectivity index (χ3v) is 3.01. The molecule has 16 heavy (non-hydrogen) atoms. The Kier molecular flexibility index (Phi) is 3.01. The van der Waals surface area contributed by atoms with Gasteiger partial charge < -0.3 is 9.84 Å². The van der Waals surface area contributed by atoms with Crippen LogP contribution in [0.25, 0.3) is 0 Å². The highest BCUT2D eigenvalue weighted by atomic mass is 16.5. The number of aliphatic hydroxyl groups is 1. The lowest BCUT2D eigenvalue weighted by atomic mass is 9.94. The van der Waals surface area contributed by atoms with Crippen molar-refractivity contribution in [3.63, 3.8) is 0 Å². The van der Waals surface area contributed by atoms with Crippen LogP contribution >= 0.6 is 0 Å². The zero-order valence-corrected chi connectivity index (χ0v) is 10.1. The van der Waals surface area contributed by atoms with E-state index in [1.165, 1.54) is 5.56 Å². The average Bonchev–Trinajstić information content (AvgIpc) is 2.67. The van der Waals surface area contributed by atoms with Crippen LogP contribution in [0.3, 0.4) is 0 Å². The van der Waals surface area contributed by atoms with Crippen molar-refractivity contribution in [3.8, 4) is 0 Å². The maximum absolute atomic E-state index is 10.3. The van der Waals surface area contributed by atoms with E-state index in [0.717, 1.165) is 23.1 Å². The second kappa shape index (κ2) is 4.30. The number of rotatable bonds is 2. The van der Waals surface area contributed by atoms with Crippen molar-refractivity contribution >= 4 is 0 Å². The third kappa shape index (κ3) is 1.98. The molecule has 0 bridgehead atoms. The number of benzene rings is 1. The SMILES string of the molecule is Cc1cc(C)c(C(O)C2=CCCO2)c(C)c1. The molecule has 1 aromatic carbocycles. The topological polar surface area (TPSA) is 29.5 Å². The number of hydrogen-bond acceptors (Lipinski definition) is 2. The van der Waals surface area contributed by atoms with Crippen LogP contribution in [-0.2, 0) is 4.74 Å². The van der Waals surface area contributed by atoms with E-state index in [1.807, 2.05) is 19.9 Å². The number of aliphatic hydroxyl groups excluding tert-OH is 1. The predicted octanol–water partition coefficient (Wildman–Crippen LogP) is 2.95. The van der Waals surface area contributed by atoms with Crippen LogP contribution in [0.4, 0.5) is 0 Å². The molecule has 0 amide bonds. The minimum atomic E-state index is -0.608. The molecule has 1 N–H and O–H groups in total. The molecule has 1 aromatic rings. The Morgan fingerprint density at radius 1 is 1.19 bits per heavy atom. The van der Waals surface area contributed by atoms with E-state index < -0.39 is 6.10 Å². The van der Waals surface area contributed by atoms with E-state index in [1.54, 1.807) is 0 Å². The fraction of sp³-hybridized carbons (Fsp3) is 0.429. The molecule has 2 nitrogen and oxygen atoms in total. The van der Waals surface area contributed by atoms with Crippen molar-refractivity contribution in [2.24, 2.45) is 0 Å². The van der Waals surface area contributed by atoms with E-state index in [9.17, 15) is 5.11 Å². The first-order valence-electron chi connectivity index (χ1n) is 5.68. The molecule has 1 heterocycles. The van der Waals surface area contributed by atoms with Gasteiger partial charge in [-0.05, 0) is 43.5 Å². The van der Waals surface area contributed by atoms with Gasteiger partial charge in [-0.25, -0.2) is 0 Å². The molecule has 0 radical (unpaired) electrons. The summed E-state index contributed by atoms with van der Waals surface area (Å²) in [6.07, 6.45) is 2.27. The Labute approximate surface area is 96.6 Å². The van der Waals surface area contributed by atoms with Crippen molar-refractivity contribution in [2.75, 3.05) is 6.61 Å². The molecular formula is C14H18O2. The van der Waals surface area contributed by atoms with Gasteiger partial charge in [-0.1, -0.05) is 17.7 Å². The first-order valence-corrected chi connectivity index (χ1v) is 5.68. The summed E-state index contributed by atoms with van der Waals surface area (Å²) in [5.74, 6) is 0.704. The fourth-order valence-corrected chi connectivity index (χ4v) is 2.39. The minimum absolute atomic E-state index is 0.608. The highest BCUT2D eigenvalue weighted by Crippen LogP contribution is 2.31. The molecule has 2 heteroatoms. The zero-order valence-electron chi connectivity index (χ0n) is 10.1. The molecular weight excluding hydrogens is 200 g/mol. The summed E-state index contributed by atoms with van der Waals surface area (Å²) in [6, 6.07) is 4.20. The van der Waals surface area contributed by atoms with E-state index in [2.05, 4.69) is 19.1 Å². The van der Waals surface area contributed by atoms with E-state index in [-0.39, 0.29) is 0 Å². The van der Waals surface area contributed by atoms with Crippen molar-refractivity contribution < 1.29 is 9.84 Å². The van der Waals surface area contributed by atoms with E-state index in [0.29, 0.717) is 12.4 Å². The van der Waals surface area contributed by atoms with Gasteiger partial charge in [-0.2, -0.15) is 0 Å². The Balaban J connectivity index is 2.39. The smallest absolute Gasteiger partial charge is 0.136 e. The second-order valence-corrected chi connectivity index (χ2v) is 4.46. The second-order valence-electron chi connectivity index (χ2n) is 4.46. The van der Waals surface area contributed by atoms with Crippen molar-refractivity contribution in [3.05, 3.63) is 46.2 Å². The van der Waals surface area contributed by atoms with Crippen LogP contribution in [-0.4, -0.2) is 11.7 Å². The Hall–Kier alpha value is -1.28. The number of ether oxygens (including phenoxy) is 1. The first-order chi connectivity index (χ1) is 7.59. The monoisotopic (exact) mass is 218 g/mol. The Morgan fingerprint density at radius 2 is 1.81 bits per heavy atom. The van der Waals surface area contributed by atoms with Crippen LogP contribution < -0.4 is 0 Å². The number of aryl methyl sites for hydroxylation is 3. The summed E-state index contributed by atoms with van der Waals surface area (Å²) in [6.45, 7) is 6.83. The highest BCUT2D eigenvalue weighted by molar-refractivity contribution is 5.41. The van der Waals surface area contributed by atoms with Crippen molar-refractivity contribution in [1.29, 1.82) is 0 Å². The Bertz CT molecular complexity index is 409. The molecule has 0 saturated heterocycles. The number of hydrogen-bond donors (Lipinski definition) is 1. The summed E-state index contributed by atoms with van der Waals surface area (Å²) in [5.41, 5.74) is 4.47. The van der Waals surface area contributed by atoms with Crippen LogP contribution in [0.2, 0.25) is 0 Å². The maximum Gasteiger partial charge on any atom is 0.136 e. The predicted molar refractivity (Wildman–Crippen MR) is 64.3 cm³/mol. The summed E-state index contributed by atoms with van der Waals surface area (Å²) in [4.78, 5) is 0. The summed E-state index contributed by atoms with van der Waals surface area (Å²) >= 11 is 0. The summed E-state index contributed by atoms with van der Waals surface area (Å²) < 4.78 is 5.42. The molecule has 0 aliphatic carbocycles. The van der Waals surface area contributed by atoms with Crippen LogP contribution in [0.1, 0.15) is 34.8 Å². The molecule has 1 aliphatic heterocycles. The van der Waals surface area contributed by atoms with E-state index in [4.69, 9.17) is 4.74 Å². The van der Waals surface area contributed by atoms with Gasteiger partial charge in [-0.15, -0.1) is 0 Å². The minimum Gasteiger partial charge on any atom is -0.495 e. The lowest BCUT2D eigenvalue weighted by Gasteiger charge is -2.18. The van der Waals surface area contributed by atoms with Crippen molar-refractivity contribution in [1.82, 2.24) is 0 Å². The van der Waals surface area contributed by atoms with Gasteiger partial charge in [-0.3, -0.25) is 0 Å². The van der Waals surface area contributed by atoms with Gasteiger partial charge in [0.15, 0.2) is 0 Å². The van der Waals surface area contributed by atoms with Crippen molar-refractivity contribution in [2.45, 2.75) is 33.3 Å². The highest BCUT2D eigenvalue weighted by Gasteiger charge is 2.21. The molecule has 0 spiro atoms. The summed E-state index contributed by atoms with van der Waals surface area (Å²) in [7, 11) is 0. The standard InChI is InChI=1S/C14H18O2/c1-9-7-10(2)13(11(3)8-9)14(15)12-5-4-6-16-12/h5,7-8,14-15H,4,6H2,1-3H3. The molecule has 2 rings (SSSR count).